The van der Waals surface area contributed by atoms with Crippen LogP contribution in [0.25, 0.3) is 0 Å². The number of nitrogens with two attached hydrogens (primary N) is 1. The van der Waals surface area contributed by atoms with Crippen LogP contribution in [-0.2, 0) is 31.0 Å². The van der Waals surface area contributed by atoms with Crippen LogP contribution in [0.3, 0.4) is 0 Å². The maximum absolute atomic E-state index is 9.24. The SMILES string of the molecule is NCC(=O)O.[Al+3].[Al+3].[Al+3].[Al+3].[Al+3].[Cl-].[Cl-].[Cl-].[Cl-].[Cl-].[Cl-].[Cl-].[Cl-].[Cl-].[Cl-].[Cl-].[Cl-].[Cl-].[Cl-].[Cl-].[Cl-].[Cl-].[Cl-].[Cl-].[Zr+4]. The van der Waals surface area contributed by atoms with Gasteiger partial charge >= 0.3 is 119 Å². The monoisotopic (exact) mass is 964 g/mol. The van der Waals surface area contributed by atoms with Crippen LogP contribution in [0.1, 0.15) is 0 Å². The molecular formula is C2H5Al5Cl19NO2Zr. The fourth-order valence-electron chi connectivity index (χ4n) is 0. The predicted octanol–water partition coefficient (Wildman–Crippen LogP) is -59.8. The van der Waals surface area contributed by atoms with E-state index in [1.165, 1.54) is 0 Å². The van der Waals surface area contributed by atoms with Gasteiger partial charge in [0.25, 0.3) is 0 Å². The van der Waals surface area contributed by atoms with Crippen LogP contribution in [0.5, 0.6) is 0 Å². The summed E-state index contributed by atoms with van der Waals surface area (Å²) in [5, 5.41) is 7.60. The van der Waals surface area contributed by atoms with Crippen molar-refractivity contribution in [1.29, 1.82) is 0 Å². The first-order chi connectivity index (χ1) is 2.27. The van der Waals surface area contributed by atoms with E-state index in [4.69, 9.17) is 5.11 Å². The summed E-state index contributed by atoms with van der Waals surface area (Å²) in [6, 6.07) is 0. The largest absolute Gasteiger partial charge is 4.00 e. The van der Waals surface area contributed by atoms with Crippen LogP contribution >= 0.6 is 0 Å². The van der Waals surface area contributed by atoms with Gasteiger partial charge in [-0.2, -0.15) is 0 Å². The topological polar surface area (TPSA) is 63.3 Å². The number of rotatable bonds is 1. The van der Waals surface area contributed by atoms with Gasteiger partial charge in [-0.05, 0) is 0 Å². The summed E-state index contributed by atoms with van der Waals surface area (Å²) in [5.41, 5.74) is 4.57. The molecule has 28 heteroatoms. The summed E-state index contributed by atoms with van der Waals surface area (Å²) in [7, 11) is 0. The predicted molar refractivity (Wildman–Crippen MR) is 45.5 cm³/mol. The Balaban J connectivity index is -0.000000000267. The van der Waals surface area contributed by atoms with Crippen LogP contribution in [0.4, 0.5) is 0 Å². The van der Waals surface area contributed by atoms with Crippen molar-refractivity contribution in [3.63, 3.8) is 0 Å². The Hall–Kier alpha value is 8.49. The summed E-state index contributed by atoms with van der Waals surface area (Å²) < 4.78 is 0. The van der Waals surface area contributed by atoms with Gasteiger partial charge in [0.1, 0.15) is 0 Å². The second kappa shape index (κ2) is 320. The minimum Gasteiger partial charge on any atom is -1.00 e. The van der Waals surface area contributed by atoms with Crippen molar-refractivity contribution in [3.05, 3.63) is 0 Å². The summed E-state index contributed by atoms with van der Waals surface area (Å²) in [6.45, 7) is -0.278. The molecule has 0 spiro atoms. The molecule has 0 aromatic rings. The molecule has 30 heavy (non-hydrogen) atoms. The van der Waals surface area contributed by atoms with Crippen LogP contribution in [0.15, 0.2) is 0 Å². The number of carboxylic acids is 1. The normalized spacial score (nSPS) is 1.23. The van der Waals surface area contributed by atoms with Crippen LogP contribution < -0.4 is 241 Å². The Morgan fingerprint density at radius 1 is 0.433 bits per heavy atom. The van der Waals surface area contributed by atoms with Crippen molar-refractivity contribution in [1.82, 2.24) is 0 Å². The van der Waals surface area contributed by atoms with Gasteiger partial charge in [-0.25, -0.2) is 0 Å². The van der Waals surface area contributed by atoms with Gasteiger partial charge in [0.2, 0.25) is 0 Å². The molecule has 0 saturated heterocycles. The van der Waals surface area contributed by atoms with Gasteiger partial charge in [0.05, 0.1) is 6.54 Å². The fourth-order valence-corrected chi connectivity index (χ4v) is 0. The van der Waals surface area contributed by atoms with E-state index in [2.05, 4.69) is 5.73 Å². The molecule has 0 aliphatic rings. The molecule has 3 nitrogen and oxygen atoms in total. The number of aliphatic carboxylic acids is 1. The summed E-state index contributed by atoms with van der Waals surface area (Å²) >= 11 is 0. The quantitative estimate of drug-likeness (QED) is 0.257. The molecule has 0 atom stereocenters. The Morgan fingerprint density at radius 3 is 0.467 bits per heavy atom. The molecule has 0 aliphatic heterocycles. The second-order valence-corrected chi connectivity index (χ2v) is 0.598. The Bertz CT molecular complexity index is 86.2. The molecule has 0 rings (SSSR count). The summed E-state index contributed by atoms with van der Waals surface area (Å²) in [5.74, 6) is -0.968. The summed E-state index contributed by atoms with van der Waals surface area (Å²) in [4.78, 5) is 9.24. The van der Waals surface area contributed by atoms with Crippen molar-refractivity contribution < 1.29 is 272 Å². The molecule has 0 bridgehead atoms. The Kier molecular flexibility index (Phi) is 3700. The zero-order valence-electron chi connectivity index (χ0n) is 13.2. The van der Waals surface area contributed by atoms with Gasteiger partial charge in [-0.3, -0.25) is 4.79 Å². The maximum Gasteiger partial charge on any atom is 4.00 e. The minimum atomic E-state index is -0.968. The van der Waals surface area contributed by atoms with E-state index >= 15 is 0 Å². The number of carboxylic acid groups (broad SMARTS) is 1. The third kappa shape index (κ3) is 418. The molecule has 0 radical (unpaired) electrons. The fraction of sp³-hybridized carbons (Fsp3) is 0.500. The maximum atomic E-state index is 9.24. The van der Waals surface area contributed by atoms with Gasteiger partial charge in [-0.1, -0.05) is 0 Å². The van der Waals surface area contributed by atoms with Gasteiger partial charge in [-0.15, -0.1) is 0 Å². The Labute approximate surface area is 370 Å². The van der Waals surface area contributed by atoms with Crippen molar-refractivity contribution in [2.24, 2.45) is 5.73 Å². The first-order valence-corrected chi connectivity index (χ1v) is 1.19. The van der Waals surface area contributed by atoms with Crippen molar-refractivity contribution >= 4 is 92.8 Å². The van der Waals surface area contributed by atoms with E-state index in [1.807, 2.05) is 0 Å². The molecule has 0 heterocycles. The smallest absolute Gasteiger partial charge is 1.00 e. The van der Waals surface area contributed by atoms with Crippen LogP contribution in [0.2, 0.25) is 0 Å². The molecule has 182 valence electrons. The van der Waals surface area contributed by atoms with Gasteiger partial charge in [0, 0.05) is 0 Å². The molecule has 0 saturated carbocycles. The third-order valence-electron chi connectivity index (χ3n) is 0.175. The zero-order chi connectivity index (χ0) is 4.28. The average molecular weight is 975 g/mol. The minimum absolute atomic E-state index is 0. The molecule has 0 aromatic carbocycles. The first-order valence-electron chi connectivity index (χ1n) is 1.19. The molecular weight excluding hydrogens is 970 g/mol. The van der Waals surface area contributed by atoms with Gasteiger partial charge < -0.3 is 247 Å². The van der Waals surface area contributed by atoms with E-state index in [1.54, 1.807) is 0 Å². The van der Waals surface area contributed by atoms with E-state index in [0.29, 0.717) is 0 Å². The Morgan fingerprint density at radius 2 is 0.467 bits per heavy atom. The molecule has 0 aromatic heterocycles. The van der Waals surface area contributed by atoms with E-state index in [9.17, 15) is 4.79 Å². The van der Waals surface area contributed by atoms with Crippen LogP contribution in [-0.4, -0.2) is 104 Å². The van der Waals surface area contributed by atoms with Crippen molar-refractivity contribution in [3.8, 4) is 0 Å². The third-order valence-corrected chi connectivity index (χ3v) is 0.175. The van der Waals surface area contributed by atoms with Crippen molar-refractivity contribution in [2.45, 2.75) is 0 Å². The molecule has 0 unspecified atom stereocenters. The number of hydrogen-bond acceptors (Lipinski definition) is 2. The van der Waals surface area contributed by atoms with E-state index in [0.717, 1.165) is 0 Å². The second-order valence-electron chi connectivity index (χ2n) is 0.598. The van der Waals surface area contributed by atoms with E-state index in [-0.39, 0.29) is 355 Å². The number of halogens is 19. The number of hydrogen-bond donors (Lipinski definition) is 2. The molecule has 0 aliphatic carbocycles. The average Bonchev–Trinajstić information content (AvgIpc) is 1.38. The van der Waals surface area contributed by atoms with Crippen LogP contribution in [0, 0.1) is 0 Å². The van der Waals surface area contributed by atoms with Gasteiger partial charge in [0.15, 0.2) is 0 Å². The number of carbonyl (C=O) groups is 1. The van der Waals surface area contributed by atoms with E-state index < -0.39 is 5.97 Å². The van der Waals surface area contributed by atoms with Crippen molar-refractivity contribution in [2.75, 3.05) is 6.54 Å². The zero-order valence-corrected chi connectivity index (χ0v) is 35.8. The summed E-state index contributed by atoms with van der Waals surface area (Å²) in [6.07, 6.45) is 0. The first kappa shape index (κ1) is 347. The molecule has 3 N–H and O–H groups in total. The molecule has 0 amide bonds. The standard InChI is InChI=1S/C2H5NO2.5Al.19ClH.Zr/c3-1-2(4)5;;;;;;;;;;;;;;;;;;;;;;;;;/h1,3H2,(H,4,5);;;;;;19*1H;/q;5*+3;;;;;;;;;;;;;;;;;;;;+4/p-19. The molecule has 0 fully saturated rings.